The summed E-state index contributed by atoms with van der Waals surface area (Å²) < 4.78 is 0. The summed E-state index contributed by atoms with van der Waals surface area (Å²) in [5, 5.41) is 7.56. The second-order valence-electron chi connectivity index (χ2n) is 2.70. The molecule has 3 nitrogen and oxygen atoms in total. The van der Waals surface area contributed by atoms with E-state index in [2.05, 4.69) is 10.2 Å². The van der Waals surface area contributed by atoms with Gasteiger partial charge in [-0.05, 0) is 6.07 Å². The molecule has 0 amide bonds. The van der Waals surface area contributed by atoms with Gasteiger partial charge in [-0.15, -0.1) is 11.6 Å². The maximum atomic E-state index is 11.3. The van der Waals surface area contributed by atoms with E-state index in [1.807, 2.05) is 12.1 Å². The highest BCUT2D eigenvalue weighted by Crippen LogP contribution is 2.16. The monoisotopic (exact) mass is 194 g/mol. The first-order valence-corrected chi connectivity index (χ1v) is 4.37. The van der Waals surface area contributed by atoms with E-state index in [1.165, 1.54) is 0 Å². The molecule has 1 heterocycles. The van der Waals surface area contributed by atoms with E-state index in [9.17, 15) is 4.79 Å². The number of fused-ring (bicyclic) bond motifs is 1. The van der Waals surface area contributed by atoms with E-state index in [-0.39, 0.29) is 11.7 Å². The number of hydrogen-bond acceptors (Lipinski definition) is 2. The third-order valence-electron chi connectivity index (χ3n) is 1.90. The minimum atomic E-state index is -0.0866. The number of H-pyrrole nitrogens is 1. The van der Waals surface area contributed by atoms with Gasteiger partial charge in [-0.3, -0.25) is 9.89 Å². The number of para-hydroxylation sites is 1. The number of halogens is 1. The van der Waals surface area contributed by atoms with Gasteiger partial charge in [0.1, 0.15) is 0 Å². The van der Waals surface area contributed by atoms with Crippen molar-refractivity contribution in [2.24, 2.45) is 0 Å². The van der Waals surface area contributed by atoms with Crippen LogP contribution in [-0.2, 0) is 0 Å². The summed E-state index contributed by atoms with van der Waals surface area (Å²) in [6.07, 6.45) is 1.68. The van der Waals surface area contributed by atoms with Gasteiger partial charge in [-0.2, -0.15) is 5.10 Å². The lowest BCUT2D eigenvalue weighted by Crippen LogP contribution is -2.00. The van der Waals surface area contributed by atoms with Gasteiger partial charge in [0.2, 0.25) is 0 Å². The molecule has 0 bridgehead atoms. The first-order valence-electron chi connectivity index (χ1n) is 3.84. The lowest BCUT2D eigenvalue weighted by atomic mass is 10.1. The molecule has 2 aromatic rings. The predicted molar refractivity (Wildman–Crippen MR) is 51.1 cm³/mol. The summed E-state index contributed by atoms with van der Waals surface area (Å²) in [6.45, 7) is 0. The molecule has 0 fully saturated rings. The van der Waals surface area contributed by atoms with Crippen LogP contribution in [0, 0.1) is 0 Å². The molecule has 1 aromatic heterocycles. The van der Waals surface area contributed by atoms with Crippen molar-refractivity contribution in [3.05, 3.63) is 30.0 Å². The Morgan fingerprint density at radius 2 is 2.38 bits per heavy atom. The summed E-state index contributed by atoms with van der Waals surface area (Å²) in [5.74, 6) is -0.0884. The van der Waals surface area contributed by atoms with Crippen LogP contribution in [-0.4, -0.2) is 21.9 Å². The third-order valence-corrected chi connectivity index (χ3v) is 2.14. The minimum Gasteiger partial charge on any atom is -0.293 e. The fourth-order valence-corrected chi connectivity index (χ4v) is 1.42. The number of rotatable bonds is 2. The van der Waals surface area contributed by atoms with Crippen molar-refractivity contribution in [3.63, 3.8) is 0 Å². The van der Waals surface area contributed by atoms with Crippen LogP contribution in [0.2, 0.25) is 0 Å². The number of aromatic amines is 1. The molecule has 1 N–H and O–H groups in total. The zero-order valence-corrected chi connectivity index (χ0v) is 7.51. The van der Waals surface area contributed by atoms with Gasteiger partial charge >= 0.3 is 0 Å². The molecular formula is C9H7ClN2O. The Hall–Kier alpha value is -1.35. The van der Waals surface area contributed by atoms with Crippen LogP contribution in [0.3, 0.4) is 0 Å². The number of ketones is 1. The molecular weight excluding hydrogens is 188 g/mol. The molecule has 0 atom stereocenters. The van der Waals surface area contributed by atoms with Crippen LogP contribution < -0.4 is 0 Å². The van der Waals surface area contributed by atoms with Gasteiger partial charge < -0.3 is 0 Å². The molecule has 0 spiro atoms. The molecule has 1 aromatic carbocycles. The summed E-state index contributed by atoms with van der Waals surface area (Å²) in [7, 11) is 0. The van der Waals surface area contributed by atoms with Crippen molar-refractivity contribution in [2.45, 2.75) is 0 Å². The van der Waals surface area contributed by atoms with Gasteiger partial charge in [-0.1, -0.05) is 12.1 Å². The number of benzene rings is 1. The van der Waals surface area contributed by atoms with Crippen molar-refractivity contribution in [3.8, 4) is 0 Å². The molecule has 0 aliphatic carbocycles. The van der Waals surface area contributed by atoms with Gasteiger partial charge in [0.05, 0.1) is 17.6 Å². The number of hydrogen-bond donors (Lipinski definition) is 1. The lowest BCUT2D eigenvalue weighted by Gasteiger charge is -1.97. The van der Waals surface area contributed by atoms with Crippen LogP contribution in [0.25, 0.3) is 10.9 Å². The average molecular weight is 195 g/mol. The third kappa shape index (κ3) is 1.31. The quantitative estimate of drug-likeness (QED) is 0.587. The molecule has 0 aliphatic rings. The van der Waals surface area contributed by atoms with E-state index in [4.69, 9.17) is 11.6 Å². The SMILES string of the molecule is O=C(CCl)c1cccc2cn[nH]c12. The molecule has 13 heavy (non-hydrogen) atoms. The largest absolute Gasteiger partial charge is 0.293 e. The topological polar surface area (TPSA) is 45.8 Å². The Bertz CT molecular complexity index is 450. The maximum absolute atomic E-state index is 11.3. The van der Waals surface area contributed by atoms with Crippen molar-refractivity contribution in [1.82, 2.24) is 10.2 Å². The fourth-order valence-electron chi connectivity index (χ4n) is 1.27. The molecule has 0 aliphatic heterocycles. The van der Waals surface area contributed by atoms with Crippen molar-refractivity contribution >= 4 is 28.3 Å². The lowest BCUT2D eigenvalue weighted by molar-refractivity contribution is 0.102. The molecule has 2 rings (SSSR count). The second-order valence-corrected chi connectivity index (χ2v) is 2.96. The standard InChI is InChI=1S/C9H7ClN2O/c10-4-8(13)7-3-1-2-6-5-11-12-9(6)7/h1-3,5H,4H2,(H,11,12). The van der Waals surface area contributed by atoms with Crippen LogP contribution in [0.1, 0.15) is 10.4 Å². The Labute approximate surface area is 79.7 Å². The summed E-state index contributed by atoms with van der Waals surface area (Å²) in [5.41, 5.74) is 1.36. The van der Waals surface area contributed by atoms with E-state index < -0.39 is 0 Å². The van der Waals surface area contributed by atoms with Gasteiger partial charge in [0.15, 0.2) is 5.78 Å². The zero-order valence-electron chi connectivity index (χ0n) is 6.75. The molecule has 0 saturated heterocycles. The number of carbonyl (C=O) groups excluding carboxylic acids is 1. The first kappa shape index (κ1) is 8.26. The fraction of sp³-hybridized carbons (Fsp3) is 0.111. The molecule has 4 heteroatoms. The first-order chi connectivity index (χ1) is 6.33. The van der Waals surface area contributed by atoms with Crippen LogP contribution in [0.4, 0.5) is 0 Å². The minimum absolute atomic E-state index is 0.00185. The Morgan fingerprint density at radius 1 is 1.54 bits per heavy atom. The second kappa shape index (κ2) is 3.18. The molecule has 0 saturated carbocycles. The smallest absolute Gasteiger partial charge is 0.179 e. The zero-order chi connectivity index (χ0) is 9.26. The maximum Gasteiger partial charge on any atom is 0.179 e. The Balaban J connectivity index is 2.67. The highest BCUT2D eigenvalue weighted by molar-refractivity contribution is 6.31. The van der Waals surface area contributed by atoms with Crippen molar-refractivity contribution in [1.29, 1.82) is 0 Å². The average Bonchev–Trinajstić information content (AvgIpc) is 2.63. The molecule has 66 valence electrons. The highest BCUT2D eigenvalue weighted by atomic mass is 35.5. The van der Waals surface area contributed by atoms with Gasteiger partial charge in [-0.25, -0.2) is 0 Å². The Morgan fingerprint density at radius 3 is 3.15 bits per heavy atom. The van der Waals surface area contributed by atoms with Crippen LogP contribution >= 0.6 is 11.6 Å². The van der Waals surface area contributed by atoms with Crippen molar-refractivity contribution < 1.29 is 4.79 Å². The number of carbonyl (C=O) groups is 1. The van der Waals surface area contributed by atoms with Crippen LogP contribution in [0.5, 0.6) is 0 Å². The normalized spacial score (nSPS) is 10.5. The summed E-state index contributed by atoms with van der Waals surface area (Å²) in [6, 6.07) is 5.45. The highest BCUT2D eigenvalue weighted by Gasteiger charge is 2.09. The number of alkyl halides is 1. The number of Topliss-reactive ketones (excluding diaryl/α,β-unsaturated/α-hetero) is 1. The van der Waals surface area contributed by atoms with E-state index in [0.29, 0.717) is 5.56 Å². The van der Waals surface area contributed by atoms with Gasteiger partial charge in [0.25, 0.3) is 0 Å². The molecule has 0 radical (unpaired) electrons. The number of nitrogens with zero attached hydrogens (tertiary/aromatic N) is 1. The van der Waals surface area contributed by atoms with Crippen molar-refractivity contribution in [2.75, 3.05) is 5.88 Å². The summed E-state index contributed by atoms with van der Waals surface area (Å²) in [4.78, 5) is 11.3. The van der Waals surface area contributed by atoms with E-state index in [0.717, 1.165) is 10.9 Å². The number of nitrogens with one attached hydrogen (secondary N) is 1. The predicted octanol–water partition coefficient (Wildman–Crippen LogP) is 1.98. The van der Waals surface area contributed by atoms with Crippen LogP contribution in [0.15, 0.2) is 24.4 Å². The van der Waals surface area contributed by atoms with E-state index >= 15 is 0 Å². The summed E-state index contributed by atoms with van der Waals surface area (Å²) >= 11 is 5.47. The van der Waals surface area contributed by atoms with E-state index in [1.54, 1.807) is 12.3 Å². The molecule has 0 unspecified atom stereocenters. The Kier molecular flexibility index (Phi) is 2.02. The van der Waals surface area contributed by atoms with Gasteiger partial charge in [0, 0.05) is 10.9 Å². The number of aromatic nitrogens is 2.